The number of benzene rings is 1. The van der Waals surface area contributed by atoms with E-state index < -0.39 is 5.72 Å². The molecule has 0 aliphatic carbocycles. The van der Waals surface area contributed by atoms with E-state index in [1.165, 1.54) is 0 Å². The van der Waals surface area contributed by atoms with E-state index in [1.807, 2.05) is 6.92 Å². The highest BCUT2D eigenvalue weighted by Crippen LogP contribution is 2.29. The van der Waals surface area contributed by atoms with Crippen molar-refractivity contribution in [3.63, 3.8) is 0 Å². The van der Waals surface area contributed by atoms with Crippen molar-refractivity contribution >= 4 is 34.8 Å². The van der Waals surface area contributed by atoms with Crippen molar-refractivity contribution in [2.45, 2.75) is 32.5 Å². The lowest BCUT2D eigenvalue weighted by molar-refractivity contribution is 0.0184. The molecule has 1 aromatic rings. The maximum absolute atomic E-state index is 9.80. The molecule has 1 rings (SSSR count). The Hall–Kier alpha value is 0.01000. The highest BCUT2D eigenvalue weighted by Gasteiger charge is 2.17. The lowest BCUT2D eigenvalue weighted by atomic mass is 10.1. The van der Waals surface area contributed by atoms with Gasteiger partial charge in [-0.25, -0.2) is 0 Å². The quantitative estimate of drug-likeness (QED) is 0.822. The summed E-state index contributed by atoms with van der Waals surface area (Å²) in [5, 5.41) is 14.3. The fourth-order valence-corrected chi connectivity index (χ4v) is 2.10. The third kappa shape index (κ3) is 3.79. The lowest BCUT2D eigenvalue weighted by Crippen LogP contribution is -2.40. The standard InChI is InChI=1S/C11H14Cl3NO/c1-3-11(2,16)15-6-8-9(13)4-7(12)5-10(8)14/h4-5,15-16H,3,6H2,1-2H3. The van der Waals surface area contributed by atoms with Gasteiger partial charge in [-0.3, -0.25) is 5.32 Å². The van der Waals surface area contributed by atoms with Crippen molar-refractivity contribution < 1.29 is 5.11 Å². The van der Waals surface area contributed by atoms with Crippen LogP contribution in [0.4, 0.5) is 0 Å². The average Bonchev–Trinajstić information content (AvgIpc) is 2.16. The van der Waals surface area contributed by atoms with Crippen molar-refractivity contribution in [2.75, 3.05) is 0 Å². The van der Waals surface area contributed by atoms with Crippen LogP contribution in [-0.4, -0.2) is 10.8 Å². The van der Waals surface area contributed by atoms with Gasteiger partial charge in [-0.2, -0.15) is 0 Å². The van der Waals surface area contributed by atoms with Crippen LogP contribution in [-0.2, 0) is 6.54 Å². The zero-order valence-electron chi connectivity index (χ0n) is 9.15. The summed E-state index contributed by atoms with van der Waals surface area (Å²) in [6.45, 7) is 3.98. The van der Waals surface area contributed by atoms with Gasteiger partial charge in [0.05, 0.1) is 0 Å². The Morgan fingerprint density at radius 1 is 1.25 bits per heavy atom. The summed E-state index contributed by atoms with van der Waals surface area (Å²) < 4.78 is 0. The topological polar surface area (TPSA) is 32.3 Å². The van der Waals surface area contributed by atoms with Gasteiger partial charge in [0.25, 0.3) is 0 Å². The third-order valence-corrected chi connectivity index (χ3v) is 3.33. The predicted octanol–water partition coefficient (Wildman–Crippen LogP) is 3.85. The van der Waals surface area contributed by atoms with E-state index >= 15 is 0 Å². The molecule has 0 saturated heterocycles. The molecule has 0 amide bonds. The molecule has 0 bridgehead atoms. The molecule has 0 heterocycles. The van der Waals surface area contributed by atoms with Gasteiger partial charge in [-0.15, -0.1) is 0 Å². The first-order chi connectivity index (χ1) is 7.35. The molecule has 0 spiro atoms. The first-order valence-corrected chi connectivity index (χ1v) is 6.10. The number of rotatable bonds is 4. The molecule has 2 nitrogen and oxygen atoms in total. The summed E-state index contributed by atoms with van der Waals surface area (Å²) in [6, 6.07) is 3.26. The average molecular weight is 283 g/mol. The van der Waals surface area contributed by atoms with Gasteiger partial charge in [-0.1, -0.05) is 41.7 Å². The van der Waals surface area contributed by atoms with Crippen LogP contribution < -0.4 is 5.32 Å². The summed E-state index contributed by atoms with van der Waals surface area (Å²) in [4.78, 5) is 0. The van der Waals surface area contributed by atoms with Crippen LogP contribution >= 0.6 is 34.8 Å². The van der Waals surface area contributed by atoms with E-state index in [4.69, 9.17) is 34.8 Å². The van der Waals surface area contributed by atoms with Gasteiger partial charge in [0.1, 0.15) is 5.72 Å². The first kappa shape index (κ1) is 14.1. The van der Waals surface area contributed by atoms with Crippen LogP contribution in [0.15, 0.2) is 12.1 Å². The molecule has 1 atom stereocenters. The van der Waals surface area contributed by atoms with E-state index in [-0.39, 0.29) is 0 Å². The molecule has 1 aromatic carbocycles. The SMILES string of the molecule is CCC(C)(O)NCc1c(Cl)cc(Cl)cc1Cl. The van der Waals surface area contributed by atoms with Crippen LogP contribution in [0.5, 0.6) is 0 Å². The fourth-order valence-electron chi connectivity index (χ4n) is 1.14. The maximum Gasteiger partial charge on any atom is 0.113 e. The van der Waals surface area contributed by atoms with Crippen molar-refractivity contribution in [3.8, 4) is 0 Å². The Balaban J connectivity index is 2.82. The minimum absolute atomic E-state index is 0.398. The summed E-state index contributed by atoms with van der Waals surface area (Å²) in [5.41, 5.74) is -0.187. The number of nitrogens with one attached hydrogen (secondary N) is 1. The Kier molecular flexibility index (Phi) is 4.89. The predicted molar refractivity (Wildman–Crippen MR) is 69.2 cm³/mol. The first-order valence-electron chi connectivity index (χ1n) is 4.96. The van der Waals surface area contributed by atoms with Crippen molar-refractivity contribution in [1.29, 1.82) is 0 Å². The van der Waals surface area contributed by atoms with Gasteiger partial charge >= 0.3 is 0 Å². The Bertz CT molecular complexity index is 356. The fraction of sp³-hybridized carbons (Fsp3) is 0.455. The highest BCUT2D eigenvalue weighted by molar-refractivity contribution is 6.39. The molecule has 1 unspecified atom stereocenters. The molecular weight excluding hydrogens is 268 g/mol. The second-order valence-electron chi connectivity index (χ2n) is 3.83. The van der Waals surface area contributed by atoms with Crippen LogP contribution in [0.3, 0.4) is 0 Å². The largest absolute Gasteiger partial charge is 0.376 e. The molecule has 16 heavy (non-hydrogen) atoms. The molecule has 0 aromatic heterocycles. The molecule has 2 N–H and O–H groups in total. The van der Waals surface area contributed by atoms with Gasteiger partial charge in [-0.05, 0) is 25.5 Å². The number of aliphatic hydroxyl groups is 1. The Labute approximate surface area is 111 Å². The highest BCUT2D eigenvalue weighted by atomic mass is 35.5. The smallest absolute Gasteiger partial charge is 0.113 e. The number of hydrogen-bond acceptors (Lipinski definition) is 2. The molecule has 0 radical (unpaired) electrons. The van der Waals surface area contributed by atoms with E-state index in [0.29, 0.717) is 28.0 Å². The van der Waals surface area contributed by atoms with Crippen LogP contribution in [0, 0.1) is 0 Å². The van der Waals surface area contributed by atoms with E-state index in [9.17, 15) is 5.11 Å². The van der Waals surface area contributed by atoms with Crippen LogP contribution in [0.1, 0.15) is 25.8 Å². The van der Waals surface area contributed by atoms with Gasteiger partial charge in [0.2, 0.25) is 0 Å². The van der Waals surface area contributed by atoms with E-state index in [2.05, 4.69) is 5.32 Å². The molecule has 0 fully saturated rings. The van der Waals surface area contributed by atoms with Crippen LogP contribution in [0.2, 0.25) is 15.1 Å². The summed E-state index contributed by atoms with van der Waals surface area (Å²) in [7, 11) is 0. The number of halogens is 3. The lowest BCUT2D eigenvalue weighted by Gasteiger charge is -2.23. The van der Waals surface area contributed by atoms with Crippen molar-refractivity contribution in [3.05, 3.63) is 32.8 Å². The molecule has 0 aliphatic heterocycles. The monoisotopic (exact) mass is 281 g/mol. The summed E-state index contributed by atoms with van der Waals surface area (Å²) in [5.74, 6) is 0. The van der Waals surface area contributed by atoms with E-state index in [1.54, 1.807) is 19.1 Å². The number of hydrogen-bond donors (Lipinski definition) is 2. The maximum atomic E-state index is 9.80. The minimum atomic E-state index is -0.924. The van der Waals surface area contributed by atoms with Gasteiger partial charge in [0.15, 0.2) is 0 Å². The molecule has 0 saturated carbocycles. The normalized spacial score (nSPS) is 14.9. The second-order valence-corrected chi connectivity index (χ2v) is 5.08. The zero-order valence-corrected chi connectivity index (χ0v) is 11.4. The van der Waals surface area contributed by atoms with Crippen molar-refractivity contribution in [2.24, 2.45) is 0 Å². The third-order valence-electron chi connectivity index (χ3n) is 2.44. The minimum Gasteiger partial charge on any atom is -0.376 e. The summed E-state index contributed by atoms with van der Waals surface area (Å²) in [6.07, 6.45) is 0.593. The van der Waals surface area contributed by atoms with E-state index in [0.717, 1.165) is 5.56 Å². The Morgan fingerprint density at radius 3 is 2.19 bits per heavy atom. The molecular formula is C11H14Cl3NO. The zero-order chi connectivity index (χ0) is 12.3. The second kappa shape index (κ2) is 5.56. The Morgan fingerprint density at radius 2 is 1.75 bits per heavy atom. The molecule has 5 heteroatoms. The van der Waals surface area contributed by atoms with Gasteiger partial charge in [0, 0.05) is 27.2 Å². The molecule has 0 aliphatic rings. The summed E-state index contributed by atoms with van der Waals surface area (Å²) >= 11 is 17.8. The van der Waals surface area contributed by atoms with Crippen molar-refractivity contribution in [1.82, 2.24) is 5.32 Å². The van der Waals surface area contributed by atoms with Crippen LogP contribution in [0.25, 0.3) is 0 Å². The molecule has 90 valence electrons. The van der Waals surface area contributed by atoms with Gasteiger partial charge < -0.3 is 5.11 Å².